The first-order valence-electron chi connectivity index (χ1n) is 8.00. The molecule has 0 radical (unpaired) electrons. The highest BCUT2D eigenvalue weighted by molar-refractivity contribution is 6.31. The third-order valence-electron chi connectivity index (χ3n) is 4.52. The van der Waals surface area contributed by atoms with Crippen molar-refractivity contribution in [3.05, 3.63) is 29.0 Å². The van der Waals surface area contributed by atoms with E-state index in [1.807, 2.05) is 12.1 Å². The Bertz CT molecular complexity index is 639. The van der Waals surface area contributed by atoms with Crippen LogP contribution in [0.1, 0.15) is 58.3 Å². The lowest BCUT2D eigenvalue weighted by Crippen LogP contribution is -2.39. The fourth-order valence-corrected chi connectivity index (χ4v) is 3.85. The lowest BCUT2D eigenvalue weighted by atomic mass is 9.90. The number of imidazole rings is 1. The highest BCUT2D eigenvalue weighted by Gasteiger charge is 2.39. The molecule has 1 aromatic heterocycles. The molecule has 1 unspecified atom stereocenters. The zero-order valence-corrected chi connectivity index (χ0v) is 13.9. The Kier molecular flexibility index (Phi) is 3.98. The van der Waals surface area contributed by atoms with Crippen LogP contribution in [-0.2, 0) is 5.54 Å². The Hall–Kier alpha value is -1.06. The number of halogens is 1. The predicted molar refractivity (Wildman–Crippen MR) is 89.0 cm³/mol. The molecule has 1 fully saturated rings. The minimum atomic E-state index is 0.0323. The summed E-state index contributed by atoms with van der Waals surface area (Å²) in [5.74, 6) is 1.19. The molecule has 1 saturated heterocycles. The van der Waals surface area contributed by atoms with Gasteiger partial charge in [-0.2, -0.15) is 0 Å². The molecular formula is C17H24ClN3. The van der Waals surface area contributed by atoms with E-state index in [1.165, 1.54) is 24.2 Å². The van der Waals surface area contributed by atoms with Gasteiger partial charge in [0.25, 0.3) is 0 Å². The Morgan fingerprint density at radius 2 is 2.24 bits per heavy atom. The van der Waals surface area contributed by atoms with E-state index in [2.05, 4.69) is 36.7 Å². The number of benzene rings is 1. The second-order valence-electron chi connectivity index (χ2n) is 6.39. The highest BCUT2D eigenvalue weighted by Crippen LogP contribution is 2.38. The van der Waals surface area contributed by atoms with Crippen LogP contribution >= 0.6 is 11.6 Å². The summed E-state index contributed by atoms with van der Waals surface area (Å²) in [4.78, 5) is 4.98. The average molecular weight is 306 g/mol. The summed E-state index contributed by atoms with van der Waals surface area (Å²) in [6.45, 7) is 7.80. The van der Waals surface area contributed by atoms with Crippen molar-refractivity contribution in [1.29, 1.82) is 0 Å². The molecule has 0 saturated carbocycles. The maximum absolute atomic E-state index is 6.15. The first-order valence-corrected chi connectivity index (χ1v) is 8.38. The first-order chi connectivity index (χ1) is 10.1. The van der Waals surface area contributed by atoms with Gasteiger partial charge in [0.2, 0.25) is 0 Å². The van der Waals surface area contributed by atoms with Crippen molar-refractivity contribution in [2.75, 3.05) is 6.54 Å². The molecule has 2 aromatic rings. The van der Waals surface area contributed by atoms with Crippen molar-refractivity contribution in [1.82, 2.24) is 14.9 Å². The van der Waals surface area contributed by atoms with Gasteiger partial charge in [-0.05, 0) is 57.9 Å². The van der Waals surface area contributed by atoms with Crippen LogP contribution in [0.15, 0.2) is 18.2 Å². The van der Waals surface area contributed by atoms with Gasteiger partial charge >= 0.3 is 0 Å². The zero-order valence-electron chi connectivity index (χ0n) is 13.1. The lowest BCUT2D eigenvalue weighted by Gasteiger charge is -2.30. The van der Waals surface area contributed by atoms with Gasteiger partial charge in [-0.1, -0.05) is 24.9 Å². The molecule has 0 spiro atoms. The largest absolute Gasteiger partial charge is 0.324 e. The molecule has 0 aliphatic carbocycles. The molecular weight excluding hydrogens is 282 g/mol. The summed E-state index contributed by atoms with van der Waals surface area (Å²) in [6.07, 6.45) is 4.69. The van der Waals surface area contributed by atoms with E-state index in [0.29, 0.717) is 6.04 Å². The van der Waals surface area contributed by atoms with E-state index < -0.39 is 0 Å². The Balaban J connectivity index is 2.23. The van der Waals surface area contributed by atoms with Crippen molar-refractivity contribution in [3.8, 4) is 0 Å². The van der Waals surface area contributed by atoms with Crippen LogP contribution < -0.4 is 5.32 Å². The average Bonchev–Trinajstić information content (AvgIpc) is 3.03. The van der Waals surface area contributed by atoms with Gasteiger partial charge in [0.1, 0.15) is 5.82 Å². The van der Waals surface area contributed by atoms with Gasteiger partial charge < -0.3 is 9.88 Å². The summed E-state index contributed by atoms with van der Waals surface area (Å²) < 4.78 is 2.39. The van der Waals surface area contributed by atoms with E-state index >= 15 is 0 Å². The number of hydrogen-bond acceptors (Lipinski definition) is 2. The molecule has 1 aliphatic heterocycles. The molecule has 1 aliphatic rings. The maximum atomic E-state index is 6.15. The number of rotatable bonds is 4. The van der Waals surface area contributed by atoms with Gasteiger partial charge in [0.05, 0.1) is 16.6 Å². The Morgan fingerprint density at radius 1 is 1.43 bits per heavy atom. The van der Waals surface area contributed by atoms with Gasteiger partial charge in [0, 0.05) is 11.1 Å². The molecule has 3 nitrogen and oxygen atoms in total. The minimum Gasteiger partial charge on any atom is -0.324 e. The fraction of sp³-hybridized carbons (Fsp3) is 0.588. The van der Waals surface area contributed by atoms with E-state index in [4.69, 9.17) is 16.6 Å². The Labute approximate surface area is 131 Å². The SMILES string of the molecule is CCCC1(c2nc3cc(Cl)ccc3n2C(C)C)CCCN1. The maximum Gasteiger partial charge on any atom is 0.130 e. The van der Waals surface area contributed by atoms with Crippen LogP contribution in [0.2, 0.25) is 5.02 Å². The second kappa shape index (κ2) is 5.62. The van der Waals surface area contributed by atoms with Crippen LogP contribution in [0, 0.1) is 0 Å². The molecule has 0 bridgehead atoms. The smallest absolute Gasteiger partial charge is 0.130 e. The van der Waals surface area contributed by atoms with E-state index in [0.717, 1.165) is 29.9 Å². The summed E-state index contributed by atoms with van der Waals surface area (Å²) in [5, 5.41) is 4.50. The number of hydrogen-bond donors (Lipinski definition) is 1. The predicted octanol–water partition coefficient (Wildman–Crippen LogP) is 4.65. The van der Waals surface area contributed by atoms with E-state index in [-0.39, 0.29) is 5.54 Å². The summed E-state index contributed by atoms with van der Waals surface area (Å²) in [6, 6.07) is 6.43. The van der Waals surface area contributed by atoms with Crippen LogP contribution in [0.4, 0.5) is 0 Å². The third-order valence-corrected chi connectivity index (χ3v) is 4.75. The normalized spacial score (nSPS) is 22.5. The quantitative estimate of drug-likeness (QED) is 0.891. The van der Waals surface area contributed by atoms with Crippen LogP contribution in [-0.4, -0.2) is 16.1 Å². The summed E-state index contributed by atoms with van der Waals surface area (Å²) in [7, 11) is 0. The number of fused-ring (bicyclic) bond motifs is 1. The van der Waals surface area contributed by atoms with Gasteiger partial charge in [-0.3, -0.25) is 0 Å². The molecule has 0 amide bonds. The molecule has 3 rings (SSSR count). The van der Waals surface area contributed by atoms with Crippen molar-refractivity contribution < 1.29 is 0 Å². The zero-order chi connectivity index (χ0) is 15.0. The Morgan fingerprint density at radius 3 is 2.86 bits per heavy atom. The number of nitrogens with zero attached hydrogens (tertiary/aromatic N) is 2. The summed E-state index contributed by atoms with van der Waals surface area (Å²) >= 11 is 6.15. The second-order valence-corrected chi connectivity index (χ2v) is 6.83. The van der Waals surface area contributed by atoms with Crippen molar-refractivity contribution in [2.45, 2.75) is 58.0 Å². The molecule has 21 heavy (non-hydrogen) atoms. The van der Waals surface area contributed by atoms with E-state index in [1.54, 1.807) is 0 Å². The molecule has 2 heterocycles. The van der Waals surface area contributed by atoms with Gasteiger partial charge in [0.15, 0.2) is 0 Å². The molecule has 114 valence electrons. The number of nitrogens with one attached hydrogen (secondary N) is 1. The topological polar surface area (TPSA) is 29.9 Å². The van der Waals surface area contributed by atoms with Crippen molar-refractivity contribution >= 4 is 22.6 Å². The number of aromatic nitrogens is 2. The summed E-state index contributed by atoms with van der Waals surface area (Å²) in [5.41, 5.74) is 2.23. The van der Waals surface area contributed by atoms with Crippen LogP contribution in [0.5, 0.6) is 0 Å². The monoisotopic (exact) mass is 305 g/mol. The van der Waals surface area contributed by atoms with Crippen molar-refractivity contribution in [3.63, 3.8) is 0 Å². The van der Waals surface area contributed by atoms with Gasteiger partial charge in [-0.25, -0.2) is 4.98 Å². The minimum absolute atomic E-state index is 0.0323. The van der Waals surface area contributed by atoms with Crippen LogP contribution in [0.3, 0.4) is 0 Å². The van der Waals surface area contributed by atoms with Gasteiger partial charge in [-0.15, -0.1) is 0 Å². The van der Waals surface area contributed by atoms with Crippen molar-refractivity contribution in [2.24, 2.45) is 0 Å². The first kappa shape index (κ1) is 14.9. The standard InChI is InChI=1S/C17H24ClN3/c1-4-8-17(9-5-10-19-17)16-20-14-11-13(18)6-7-15(14)21(16)12(2)3/h6-7,11-12,19H,4-5,8-10H2,1-3H3. The third kappa shape index (κ3) is 2.47. The highest BCUT2D eigenvalue weighted by atomic mass is 35.5. The molecule has 4 heteroatoms. The molecule has 1 N–H and O–H groups in total. The molecule has 1 atom stereocenters. The van der Waals surface area contributed by atoms with Crippen LogP contribution in [0.25, 0.3) is 11.0 Å². The molecule has 1 aromatic carbocycles. The lowest BCUT2D eigenvalue weighted by molar-refractivity contribution is 0.316. The van der Waals surface area contributed by atoms with E-state index in [9.17, 15) is 0 Å². The fourth-order valence-electron chi connectivity index (χ4n) is 3.68.